The first-order chi connectivity index (χ1) is 57.5. The molecule has 4 nitrogen and oxygen atoms in total. The maximum Gasteiger partial charge on any atom is 0.144 e. The second-order valence-corrected chi connectivity index (χ2v) is 31.5. The Hall–Kier alpha value is -15.4. The van der Waals surface area contributed by atoms with Gasteiger partial charge in [0, 0.05) is 59.4 Å². The minimum absolute atomic E-state index is 0.800. The Balaban J connectivity index is 0.556. The molecule has 4 aromatic heterocycles. The van der Waals surface area contributed by atoms with Gasteiger partial charge in [-0.2, -0.15) is 0 Å². The molecule has 0 saturated heterocycles. The van der Waals surface area contributed by atoms with Crippen molar-refractivity contribution in [1.82, 2.24) is 0 Å². The molecule has 534 valence electrons. The van der Waals surface area contributed by atoms with Gasteiger partial charge in [-0.25, -0.2) is 0 Å². The summed E-state index contributed by atoms with van der Waals surface area (Å²) >= 11 is 0. The van der Waals surface area contributed by atoms with Crippen LogP contribution in [0, 0.1) is 0 Å². The van der Waals surface area contributed by atoms with Crippen LogP contribution in [0.3, 0.4) is 0 Å². The number of furan rings is 4. The zero-order chi connectivity index (χ0) is 75.5. The minimum Gasteiger partial charge on any atom is -0.456 e. The van der Waals surface area contributed by atoms with Gasteiger partial charge in [-0.05, 0) is 266 Å². The molecule has 4 heteroatoms. The molecule has 0 bridgehead atoms. The summed E-state index contributed by atoms with van der Waals surface area (Å²) in [5.41, 5.74) is 22.8. The monoisotopic (exact) mass is 1470 g/mol. The van der Waals surface area contributed by atoms with E-state index in [0.29, 0.717) is 0 Å². The first-order valence-corrected chi connectivity index (χ1v) is 39.9. The van der Waals surface area contributed by atoms with Crippen LogP contribution < -0.4 is 0 Å². The average molecular weight is 1470 g/mol. The zero-order valence-electron chi connectivity index (χ0n) is 62.4. The van der Waals surface area contributed by atoms with E-state index in [1.807, 2.05) is 6.07 Å². The molecular formula is C112H62O4. The van der Waals surface area contributed by atoms with Gasteiger partial charge in [-0.1, -0.05) is 279 Å². The summed E-state index contributed by atoms with van der Waals surface area (Å²) < 4.78 is 28.2. The van der Waals surface area contributed by atoms with Crippen LogP contribution in [-0.4, -0.2) is 0 Å². The van der Waals surface area contributed by atoms with Crippen LogP contribution in [0.2, 0.25) is 0 Å². The van der Waals surface area contributed by atoms with Crippen molar-refractivity contribution in [1.29, 1.82) is 0 Å². The van der Waals surface area contributed by atoms with Gasteiger partial charge < -0.3 is 17.7 Å². The molecule has 0 fully saturated rings. The highest BCUT2D eigenvalue weighted by molar-refractivity contribution is 6.32. The van der Waals surface area contributed by atoms with E-state index in [0.717, 1.165) is 153 Å². The van der Waals surface area contributed by atoms with E-state index in [2.05, 4.69) is 370 Å². The third-order valence-corrected chi connectivity index (χ3v) is 25.3. The normalized spacial score (nSPS) is 12.3. The molecule has 0 aliphatic rings. The molecule has 4 heterocycles. The van der Waals surface area contributed by atoms with Gasteiger partial charge in [-0.15, -0.1) is 0 Å². The van der Waals surface area contributed by atoms with Crippen LogP contribution in [0.15, 0.2) is 394 Å². The zero-order valence-corrected chi connectivity index (χ0v) is 62.4. The molecule has 0 spiro atoms. The van der Waals surface area contributed by atoms with Crippen LogP contribution >= 0.6 is 0 Å². The smallest absolute Gasteiger partial charge is 0.144 e. The van der Waals surface area contributed by atoms with Gasteiger partial charge in [0.25, 0.3) is 0 Å². The second-order valence-electron chi connectivity index (χ2n) is 31.5. The van der Waals surface area contributed by atoms with Gasteiger partial charge in [0.15, 0.2) is 0 Å². The second kappa shape index (κ2) is 24.1. The molecule has 0 N–H and O–H groups in total. The van der Waals surface area contributed by atoms with Crippen molar-refractivity contribution in [2.24, 2.45) is 0 Å². The van der Waals surface area contributed by atoms with Crippen molar-refractivity contribution in [2.75, 3.05) is 0 Å². The van der Waals surface area contributed by atoms with Crippen LogP contribution in [0.25, 0.3) is 273 Å². The van der Waals surface area contributed by atoms with Crippen molar-refractivity contribution in [3.8, 4) is 77.9 Å². The Labute approximate surface area is 662 Å². The highest BCUT2D eigenvalue weighted by Crippen LogP contribution is 2.52. The lowest BCUT2D eigenvalue weighted by Gasteiger charge is -2.19. The van der Waals surface area contributed by atoms with E-state index >= 15 is 0 Å². The standard InChI is InChI=1S/C112H62O4/c1-2-18-66-56-76(39-32-63(66)16-1)103-83-22-5-7-24-85(83)104(86-25-8-6-23-84(86)103)77-41-37-69-55-75(38-35-71(69)58-77)96-62-97-91(51-52-92-80-21-13-14-31-98(80)114-110(92)97)108-94-49-44-74(61-102(94)116-112(96)108)73-43-47-81-93-48-42-65-46-53-99-109(106(65)111(93)115-100(81)59-73)95-50-45-72(60-101(95)113-99)68-33-34-70-57-78(40-36-67(70)54-68)105-87-26-9-11-28-89(87)107(90-29-12-10-27-88(90)105)82-30-15-19-64-17-3-4-20-79(64)82/h1-62H. The number of fused-ring (bicyclic) bond motifs is 26. The predicted molar refractivity (Wildman–Crippen MR) is 489 cm³/mol. The quantitative estimate of drug-likeness (QED) is 0.149. The van der Waals surface area contributed by atoms with E-state index in [9.17, 15) is 0 Å². The molecule has 0 aliphatic carbocycles. The summed E-state index contributed by atoms with van der Waals surface area (Å²) in [5, 5.41) is 32.2. The molecule has 0 aliphatic heterocycles. The Bertz CT molecular complexity index is 8740. The molecule has 0 radical (unpaired) electrons. The fourth-order valence-corrected chi connectivity index (χ4v) is 20.0. The van der Waals surface area contributed by atoms with Crippen molar-refractivity contribution < 1.29 is 17.7 Å². The highest BCUT2D eigenvalue weighted by Gasteiger charge is 2.26. The van der Waals surface area contributed by atoms with Gasteiger partial charge in [0.05, 0.1) is 0 Å². The van der Waals surface area contributed by atoms with E-state index in [-0.39, 0.29) is 0 Å². The third-order valence-electron chi connectivity index (χ3n) is 25.3. The van der Waals surface area contributed by atoms with Crippen LogP contribution in [-0.2, 0) is 0 Å². The molecule has 0 unspecified atom stereocenters. The van der Waals surface area contributed by atoms with Gasteiger partial charge >= 0.3 is 0 Å². The molecular weight excluding hydrogens is 1410 g/mol. The van der Waals surface area contributed by atoms with Crippen LogP contribution in [0.4, 0.5) is 0 Å². The molecule has 22 aromatic carbocycles. The maximum absolute atomic E-state index is 7.31. The Morgan fingerprint density at radius 2 is 0.491 bits per heavy atom. The minimum atomic E-state index is 0.800. The van der Waals surface area contributed by atoms with Crippen molar-refractivity contribution in [2.45, 2.75) is 0 Å². The van der Waals surface area contributed by atoms with E-state index in [1.165, 1.54) is 120 Å². The van der Waals surface area contributed by atoms with E-state index in [4.69, 9.17) is 17.7 Å². The van der Waals surface area contributed by atoms with Gasteiger partial charge in [0.1, 0.15) is 44.7 Å². The molecule has 26 rings (SSSR count). The molecule has 116 heavy (non-hydrogen) atoms. The number of benzene rings is 22. The lowest BCUT2D eigenvalue weighted by molar-refractivity contribution is 0.668. The SMILES string of the molecule is c1ccc2cc(-c3c4ccccc4c(-c4ccc5cc(-c6cc7c(ccc8c9ccccc9oc87)c7c6oc6cc(-c8ccc9c(c8)oc8c9ccc9ccc%10oc%11cc(-c%12ccc%13cc(-c%14c%15ccccc%15c(-c%15cccc%16ccccc%15%16)c%15ccccc%14%15)ccc%13c%12)ccc%11c%10c98)ccc67)ccc5c4)c4ccccc34)ccc2c1. The molecule has 0 saturated carbocycles. The predicted octanol–water partition coefficient (Wildman–Crippen LogP) is 32.5. The molecule has 0 amide bonds. The fourth-order valence-electron chi connectivity index (χ4n) is 20.0. The summed E-state index contributed by atoms with van der Waals surface area (Å²) in [7, 11) is 0. The number of hydrogen-bond donors (Lipinski definition) is 0. The Morgan fingerprint density at radius 3 is 1.10 bits per heavy atom. The van der Waals surface area contributed by atoms with Crippen LogP contribution in [0.1, 0.15) is 0 Å². The Kier molecular flexibility index (Phi) is 13.1. The molecule has 26 aromatic rings. The first-order valence-electron chi connectivity index (χ1n) is 39.9. The summed E-state index contributed by atoms with van der Waals surface area (Å²) in [6, 6.07) is 138. The van der Waals surface area contributed by atoms with E-state index in [1.54, 1.807) is 0 Å². The highest BCUT2D eigenvalue weighted by atomic mass is 16.3. The third kappa shape index (κ3) is 9.26. The van der Waals surface area contributed by atoms with Crippen LogP contribution in [0.5, 0.6) is 0 Å². The molecule has 0 atom stereocenters. The summed E-state index contributed by atoms with van der Waals surface area (Å²) in [4.78, 5) is 0. The largest absolute Gasteiger partial charge is 0.456 e. The summed E-state index contributed by atoms with van der Waals surface area (Å²) in [6.07, 6.45) is 0. The summed E-state index contributed by atoms with van der Waals surface area (Å²) in [5.74, 6) is 0. The van der Waals surface area contributed by atoms with Gasteiger partial charge in [0.2, 0.25) is 0 Å². The fraction of sp³-hybridized carbons (Fsp3) is 0. The number of rotatable bonds is 7. The van der Waals surface area contributed by atoms with Gasteiger partial charge in [-0.3, -0.25) is 0 Å². The maximum atomic E-state index is 7.31. The number of para-hydroxylation sites is 1. The average Bonchev–Trinajstić information content (AvgIpc) is 1.31. The van der Waals surface area contributed by atoms with Crippen molar-refractivity contribution >= 4 is 195 Å². The van der Waals surface area contributed by atoms with E-state index < -0.39 is 0 Å². The summed E-state index contributed by atoms with van der Waals surface area (Å²) in [6.45, 7) is 0. The number of hydrogen-bond acceptors (Lipinski definition) is 4. The lowest BCUT2D eigenvalue weighted by Crippen LogP contribution is -1.91. The van der Waals surface area contributed by atoms with Crippen molar-refractivity contribution in [3.63, 3.8) is 0 Å². The topological polar surface area (TPSA) is 52.6 Å². The van der Waals surface area contributed by atoms with Crippen molar-refractivity contribution in [3.05, 3.63) is 376 Å². The Morgan fingerprint density at radius 1 is 0.129 bits per heavy atom. The first kappa shape index (κ1) is 63.3. The lowest BCUT2D eigenvalue weighted by atomic mass is 9.84.